The minimum atomic E-state index is -0.191. The van der Waals surface area contributed by atoms with Gasteiger partial charge in [0, 0.05) is 23.2 Å². The minimum absolute atomic E-state index is 0.191. The second-order valence-corrected chi connectivity index (χ2v) is 7.85. The molecule has 0 spiro atoms. The van der Waals surface area contributed by atoms with Gasteiger partial charge in [-0.15, -0.1) is 0 Å². The highest BCUT2D eigenvalue weighted by molar-refractivity contribution is 6.11. The van der Waals surface area contributed by atoms with Crippen LogP contribution in [0.5, 0.6) is 11.5 Å². The van der Waals surface area contributed by atoms with Crippen molar-refractivity contribution in [1.82, 2.24) is 10.2 Å². The molecular formula is C25H24N4O3. The van der Waals surface area contributed by atoms with Crippen LogP contribution in [0, 0.1) is 0 Å². The highest BCUT2D eigenvalue weighted by Gasteiger charge is 2.23. The number of hydrogen-bond donors (Lipinski definition) is 3. The van der Waals surface area contributed by atoms with E-state index < -0.39 is 0 Å². The highest BCUT2D eigenvalue weighted by Crippen LogP contribution is 2.33. The summed E-state index contributed by atoms with van der Waals surface area (Å²) in [7, 11) is 3.26. The third-order valence-electron chi connectivity index (χ3n) is 5.59. The van der Waals surface area contributed by atoms with Gasteiger partial charge in [-0.3, -0.25) is 9.89 Å². The fourth-order valence-corrected chi connectivity index (χ4v) is 3.70. The largest absolute Gasteiger partial charge is 0.497 e. The zero-order chi connectivity index (χ0) is 22.1. The van der Waals surface area contributed by atoms with Crippen LogP contribution in [0.15, 0.2) is 60.7 Å². The maximum atomic E-state index is 13.0. The first-order valence-electron chi connectivity index (χ1n) is 10.5. The van der Waals surface area contributed by atoms with E-state index in [1.807, 2.05) is 60.7 Å². The lowest BCUT2D eigenvalue weighted by molar-refractivity contribution is 0.102. The normalized spacial score (nSPS) is 13.1. The zero-order valence-electron chi connectivity index (χ0n) is 17.9. The first kappa shape index (κ1) is 19.9. The van der Waals surface area contributed by atoms with Gasteiger partial charge in [-0.2, -0.15) is 5.10 Å². The molecule has 7 heteroatoms. The Labute approximate surface area is 185 Å². The Morgan fingerprint density at radius 2 is 1.72 bits per heavy atom. The van der Waals surface area contributed by atoms with Gasteiger partial charge in [-0.1, -0.05) is 18.2 Å². The van der Waals surface area contributed by atoms with E-state index in [1.54, 1.807) is 14.2 Å². The lowest BCUT2D eigenvalue weighted by atomic mass is 10.0. The van der Waals surface area contributed by atoms with E-state index in [9.17, 15) is 4.79 Å². The van der Waals surface area contributed by atoms with E-state index in [2.05, 4.69) is 20.8 Å². The molecule has 0 saturated heterocycles. The molecule has 162 valence electrons. The molecule has 5 rings (SSSR count). The Morgan fingerprint density at radius 1 is 0.969 bits per heavy atom. The van der Waals surface area contributed by atoms with Crippen LogP contribution in [0.4, 0.5) is 11.5 Å². The molecule has 1 aliphatic rings. The number of H-pyrrole nitrogens is 1. The van der Waals surface area contributed by atoms with Crippen molar-refractivity contribution in [1.29, 1.82) is 0 Å². The fourth-order valence-electron chi connectivity index (χ4n) is 3.70. The third kappa shape index (κ3) is 3.97. The third-order valence-corrected chi connectivity index (χ3v) is 5.59. The van der Waals surface area contributed by atoms with E-state index in [0.29, 0.717) is 17.4 Å². The molecule has 0 radical (unpaired) electrons. The summed E-state index contributed by atoms with van der Waals surface area (Å²) < 4.78 is 10.8. The van der Waals surface area contributed by atoms with Crippen LogP contribution in [-0.4, -0.2) is 36.4 Å². The SMILES string of the molecule is COc1cc(OC)cc(-c2ccc3c(NC(=O)c4ccccc4NC4CC4)n[nH]c3c2)c1. The van der Waals surface area contributed by atoms with E-state index in [1.165, 1.54) is 0 Å². The number of ether oxygens (including phenoxy) is 2. The molecule has 7 nitrogen and oxygen atoms in total. The minimum Gasteiger partial charge on any atom is -0.497 e. The Kier molecular flexibility index (Phi) is 5.15. The molecule has 0 atom stereocenters. The van der Waals surface area contributed by atoms with Gasteiger partial charge in [-0.05, 0) is 60.4 Å². The molecule has 1 heterocycles. The van der Waals surface area contributed by atoms with Crippen molar-refractivity contribution >= 4 is 28.3 Å². The number of hydrogen-bond acceptors (Lipinski definition) is 5. The molecule has 0 aliphatic heterocycles. The molecule has 3 N–H and O–H groups in total. The molecule has 1 fully saturated rings. The number of para-hydroxylation sites is 1. The smallest absolute Gasteiger partial charge is 0.258 e. The Bertz CT molecular complexity index is 1270. The van der Waals surface area contributed by atoms with Crippen LogP contribution in [0.3, 0.4) is 0 Å². The number of carbonyl (C=O) groups is 1. The Hall–Kier alpha value is -4.00. The fraction of sp³-hybridized carbons (Fsp3) is 0.200. The first-order valence-corrected chi connectivity index (χ1v) is 10.5. The van der Waals surface area contributed by atoms with Gasteiger partial charge >= 0.3 is 0 Å². The van der Waals surface area contributed by atoms with Gasteiger partial charge in [-0.25, -0.2) is 0 Å². The van der Waals surface area contributed by atoms with Crippen LogP contribution in [-0.2, 0) is 0 Å². The van der Waals surface area contributed by atoms with E-state index >= 15 is 0 Å². The molecule has 1 saturated carbocycles. The predicted molar refractivity (Wildman–Crippen MR) is 126 cm³/mol. The number of benzene rings is 3. The quantitative estimate of drug-likeness (QED) is 0.382. The van der Waals surface area contributed by atoms with E-state index in [4.69, 9.17) is 9.47 Å². The van der Waals surface area contributed by atoms with Crippen molar-refractivity contribution in [2.45, 2.75) is 18.9 Å². The highest BCUT2D eigenvalue weighted by atomic mass is 16.5. The van der Waals surface area contributed by atoms with Crippen molar-refractivity contribution in [2.24, 2.45) is 0 Å². The van der Waals surface area contributed by atoms with Gasteiger partial charge in [0.1, 0.15) is 11.5 Å². The second kappa shape index (κ2) is 8.26. The lowest BCUT2D eigenvalue weighted by Gasteiger charge is -2.11. The standard InChI is InChI=1S/C25H24N4O3/c1-31-18-11-16(12-19(14-18)32-2)15-7-10-20-23(13-15)28-29-24(20)27-25(30)21-5-3-4-6-22(21)26-17-8-9-17/h3-7,10-14,17,26H,8-9H2,1-2H3,(H2,27,28,29,30). The molecule has 0 bridgehead atoms. The summed E-state index contributed by atoms with van der Waals surface area (Å²) in [5.74, 6) is 1.75. The van der Waals surface area contributed by atoms with Crippen LogP contribution in [0.25, 0.3) is 22.0 Å². The van der Waals surface area contributed by atoms with Gasteiger partial charge in [0.2, 0.25) is 0 Å². The average Bonchev–Trinajstić information content (AvgIpc) is 3.57. The summed E-state index contributed by atoms with van der Waals surface area (Å²) in [5.41, 5.74) is 4.22. The topological polar surface area (TPSA) is 88.3 Å². The van der Waals surface area contributed by atoms with E-state index in [0.717, 1.165) is 52.1 Å². The maximum absolute atomic E-state index is 13.0. The van der Waals surface area contributed by atoms with Gasteiger partial charge in [0.05, 0.1) is 25.3 Å². The monoisotopic (exact) mass is 428 g/mol. The van der Waals surface area contributed by atoms with Crippen molar-refractivity contribution in [3.8, 4) is 22.6 Å². The van der Waals surface area contributed by atoms with Gasteiger partial charge < -0.3 is 20.1 Å². The zero-order valence-corrected chi connectivity index (χ0v) is 17.9. The predicted octanol–water partition coefficient (Wildman–Crippen LogP) is 5.07. The van der Waals surface area contributed by atoms with Crippen molar-refractivity contribution in [3.63, 3.8) is 0 Å². The number of nitrogens with one attached hydrogen (secondary N) is 3. The summed E-state index contributed by atoms with van der Waals surface area (Å²) in [6.07, 6.45) is 2.28. The summed E-state index contributed by atoms with van der Waals surface area (Å²) in [6.45, 7) is 0. The van der Waals surface area contributed by atoms with Crippen molar-refractivity contribution < 1.29 is 14.3 Å². The number of aromatic nitrogens is 2. The Balaban J connectivity index is 1.42. The maximum Gasteiger partial charge on any atom is 0.258 e. The number of rotatable bonds is 7. The summed E-state index contributed by atoms with van der Waals surface area (Å²) >= 11 is 0. The number of nitrogens with zero attached hydrogens (tertiary/aromatic N) is 1. The molecule has 1 amide bonds. The molecule has 3 aromatic carbocycles. The van der Waals surface area contributed by atoms with Crippen LogP contribution >= 0.6 is 0 Å². The van der Waals surface area contributed by atoms with Crippen molar-refractivity contribution in [3.05, 3.63) is 66.2 Å². The van der Waals surface area contributed by atoms with Gasteiger partial charge in [0.15, 0.2) is 5.82 Å². The molecule has 0 unspecified atom stereocenters. The van der Waals surface area contributed by atoms with E-state index in [-0.39, 0.29) is 5.91 Å². The molecule has 1 aromatic heterocycles. The summed E-state index contributed by atoms with van der Waals surface area (Å²) in [5, 5.41) is 14.6. The number of aromatic amines is 1. The first-order chi connectivity index (χ1) is 15.6. The molecular weight excluding hydrogens is 404 g/mol. The number of amides is 1. The lowest BCUT2D eigenvalue weighted by Crippen LogP contribution is -2.15. The number of methoxy groups -OCH3 is 2. The van der Waals surface area contributed by atoms with Crippen LogP contribution in [0.2, 0.25) is 0 Å². The molecule has 1 aliphatic carbocycles. The summed E-state index contributed by atoms with van der Waals surface area (Å²) in [4.78, 5) is 13.0. The summed E-state index contributed by atoms with van der Waals surface area (Å²) in [6, 6.07) is 19.7. The number of carbonyl (C=O) groups excluding carboxylic acids is 1. The molecule has 4 aromatic rings. The van der Waals surface area contributed by atoms with Crippen molar-refractivity contribution in [2.75, 3.05) is 24.9 Å². The van der Waals surface area contributed by atoms with Gasteiger partial charge in [0.25, 0.3) is 5.91 Å². The van der Waals surface area contributed by atoms with Crippen LogP contribution < -0.4 is 20.1 Å². The molecule has 32 heavy (non-hydrogen) atoms. The second-order valence-electron chi connectivity index (χ2n) is 7.85. The van der Waals surface area contributed by atoms with Crippen LogP contribution in [0.1, 0.15) is 23.2 Å². The number of fused-ring (bicyclic) bond motifs is 1. The number of anilines is 2. The Morgan fingerprint density at radius 3 is 2.44 bits per heavy atom. The average molecular weight is 428 g/mol.